The van der Waals surface area contributed by atoms with Crippen molar-refractivity contribution in [2.75, 3.05) is 6.54 Å². The average molecular weight is 398 g/mol. The van der Waals surface area contributed by atoms with Gasteiger partial charge in [-0.15, -0.1) is 0 Å². The molecule has 0 spiro atoms. The number of carbonyl (C=O) groups excluding carboxylic acids is 3. The second-order valence-electron chi connectivity index (χ2n) is 6.31. The number of amides is 4. The van der Waals surface area contributed by atoms with E-state index in [1.54, 1.807) is 19.1 Å². The monoisotopic (exact) mass is 397 g/mol. The highest BCUT2D eigenvalue weighted by Gasteiger charge is 2.56. The number of rotatable bonds is 5. The Labute approximate surface area is 146 Å². The van der Waals surface area contributed by atoms with Crippen molar-refractivity contribution >= 4 is 33.8 Å². The van der Waals surface area contributed by atoms with Crippen molar-refractivity contribution < 1.29 is 18.8 Å². The summed E-state index contributed by atoms with van der Waals surface area (Å²) in [5.74, 6) is -1.19. The molecule has 24 heavy (non-hydrogen) atoms. The number of hydrogen-bond acceptors (Lipinski definition) is 3. The standard InChI is InChI=1S/C16H17BrFN3O3/c1-16(10-2-3-10)14(23)21(15(24)20-16)8-13(22)19-7-9-6-11(17)4-5-12(9)18/h4-6,10H,2-3,7-8H2,1H3,(H,19,22)(H,20,24)/t16-/m1/s1. The van der Waals surface area contributed by atoms with Crippen LogP contribution in [0.5, 0.6) is 0 Å². The Morgan fingerprint density at radius 1 is 1.46 bits per heavy atom. The molecule has 8 heteroatoms. The molecular formula is C16H17BrFN3O3. The Morgan fingerprint density at radius 2 is 2.17 bits per heavy atom. The van der Waals surface area contributed by atoms with Crippen LogP contribution in [0.25, 0.3) is 0 Å². The van der Waals surface area contributed by atoms with Crippen LogP contribution in [0.3, 0.4) is 0 Å². The van der Waals surface area contributed by atoms with Crippen LogP contribution >= 0.6 is 15.9 Å². The van der Waals surface area contributed by atoms with Gasteiger partial charge in [0.2, 0.25) is 5.91 Å². The molecule has 0 radical (unpaired) electrons. The fourth-order valence-corrected chi connectivity index (χ4v) is 3.28. The molecule has 0 unspecified atom stereocenters. The third-order valence-corrected chi connectivity index (χ3v) is 4.97. The molecule has 1 heterocycles. The maximum atomic E-state index is 13.6. The molecule has 1 saturated carbocycles. The topological polar surface area (TPSA) is 78.5 Å². The van der Waals surface area contributed by atoms with Gasteiger partial charge in [0.1, 0.15) is 17.9 Å². The van der Waals surface area contributed by atoms with Crippen LogP contribution in [0.4, 0.5) is 9.18 Å². The van der Waals surface area contributed by atoms with Crippen molar-refractivity contribution in [3.63, 3.8) is 0 Å². The Hall–Kier alpha value is -1.96. The molecule has 1 saturated heterocycles. The fraction of sp³-hybridized carbons (Fsp3) is 0.438. The van der Waals surface area contributed by atoms with Crippen molar-refractivity contribution in [3.8, 4) is 0 Å². The lowest BCUT2D eigenvalue weighted by molar-refractivity contribution is -0.135. The number of carbonyl (C=O) groups is 3. The van der Waals surface area contributed by atoms with Gasteiger partial charge in [0.25, 0.3) is 5.91 Å². The first-order valence-corrected chi connectivity index (χ1v) is 8.45. The molecule has 1 atom stereocenters. The van der Waals surface area contributed by atoms with E-state index < -0.39 is 23.3 Å². The van der Waals surface area contributed by atoms with Crippen LogP contribution in [0, 0.1) is 11.7 Å². The van der Waals surface area contributed by atoms with Gasteiger partial charge in [-0.05, 0) is 43.9 Å². The second kappa shape index (κ2) is 6.16. The zero-order chi connectivity index (χ0) is 17.5. The lowest BCUT2D eigenvalue weighted by Gasteiger charge is -2.20. The van der Waals surface area contributed by atoms with Crippen LogP contribution in [0.15, 0.2) is 22.7 Å². The molecule has 128 valence electrons. The predicted octanol–water partition coefficient (Wildman–Crippen LogP) is 1.92. The molecule has 0 bridgehead atoms. The first-order valence-electron chi connectivity index (χ1n) is 7.66. The van der Waals surface area contributed by atoms with E-state index in [0.29, 0.717) is 10.0 Å². The van der Waals surface area contributed by atoms with Gasteiger partial charge < -0.3 is 10.6 Å². The number of urea groups is 1. The van der Waals surface area contributed by atoms with Crippen molar-refractivity contribution in [1.82, 2.24) is 15.5 Å². The smallest absolute Gasteiger partial charge is 0.325 e. The quantitative estimate of drug-likeness (QED) is 0.745. The zero-order valence-electron chi connectivity index (χ0n) is 13.1. The minimum atomic E-state index is -0.909. The van der Waals surface area contributed by atoms with Gasteiger partial charge in [-0.25, -0.2) is 9.18 Å². The van der Waals surface area contributed by atoms with Crippen molar-refractivity contribution in [2.24, 2.45) is 5.92 Å². The molecule has 0 aromatic heterocycles. The summed E-state index contributed by atoms with van der Waals surface area (Å²) in [5.41, 5.74) is -0.592. The van der Waals surface area contributed by atoms with Crippen molar-refractivity contribution in [1.29, 1.82) is 0 Å². The second-order valence-corrected chi connectivity index (χ2v) is 7.23. The van der Waals surface area contributed by atoms with Gasteiger partial charge in [0.15, 0.2) is 0 Å². The molecule has 1 aliphatic heterocycles. The summed E-state index contributed by atoms with van der Waals surface area (Å²) in [6.07, 6.45) is 1.79. The van der Waals surface area contributed by atoms with Crippen molar-refractivity contribution in [3.05, 3.63) is 34.1 Å². The Bertz CT molecular complexity index is 723. The van der Waals surface area contributed by atoms with Crippen LogP contribution in [0.1, 0.15) is 25.3 Å². The van der Waals surface area contributed by atoms with E-state index in [9.17, 15) is 18.8 Å². The Balaban J connectivity index is 1.60. The molecule has 2 aliphatic rings. The summed E-state index contributed by atoms with van der Waals surface area (Å²) in [5, 5.41) is 5.21. The van der Waals surface area contributed by atoms with Crippen molar-refractivity contribution in [2.45, 2.75) is 31.8 Å². The molecule has 2 N–H and O–H groups in total. The highest BCUT2D eigenvalue weighted by Crippen LogP contribution is 2.42. The summed E-state index contributed by atoms with van der Waals surface area (Å²) >= 11 is 3.24. The van der Waals surface area contributed by atoms with E-state index in [0.717, 1.165) is 17.7 Å². The number of nitrogens with zero attached hydrogens (tertiary/aromatic N) is 1. The number of halogens is 2. The zero-order valence-corrected chi connectivity index (χ0v) is 14.7. The van der Waals surface area contributed by atoms with Crippen LogP contribution in [-0.4, -0.2) is 34.8 Å². The van der Waals surface area contributed by atoms with E-state index in [4.69, 9.17) is 0 Å². The van der Waals surface area contributed by atoms with E-state index in [2.05, 4.69) is 26.6 Å². The largest absolute Gasteiger partial charge is 0.350 e. The predicted molar refractivity (Wildman–Crippen MR) is 87.3 cm³/mol. The lowest BCUT2D eigenvalue weighted by Crippen LogP contribution is -2.47. The maximum Gasteiger partial charge on any atom is 0.325 e. The average Bonchev–Trinajstić information content (AvgIpc) is 3.34. The SMILES string of the molecule is C[C@]1(C2CC2)NC(=O)N(CC(=O)NCc2cc(Br)ccc2F)C1=O. The van der Waals surface area contributed by atoms with Gasteiger partial charge in [-0.2, -0.15) is 0 Å². The number of nitrogens with one attached hydrogen (secondary N) is 2. The molecule has 6 nitrogen and oxygen atoms in total. The normalized spacial score (nSPS) is 23.4. The van der Waals surface area contributed by atoms with E-state index in [1.165, 1.54) is 6.07 Å². The minimum Gasteiger partial charge on any atom is -0.350 e. The van der Waals surface area contributed by atoms with Crippen LogP contribution in [-0.2, 0) is 16.1 Å². The van der Waals surface area contributed by atoms with Gasteiger partial charge in [-0.3, -0.25) is 14.5 Å². The Kier molecular flexibility index (Phi) is 4.33. The highest BCUT2D eigenvalue weighted by molar-refractivity contribution is 9.10. The summed E-state index contributed by atoms with van der Waals surface area (Å²) in [4.78, 5) is 37.4. The van der Waals surface area contributed by atoms with Crippen LogP contribution < -0.4 is 10.6 Å². The fourth-order valence-electron chi connectivity index (χ4n) is 2.87. The molecule has 2 fully saturated rings. The van der Waals surface area contributed by atoms with E-state index in [1.807, 2.05) is 0 Å². The highest BCUT2D eigenvalue weighted by atomic mass is 79.9. The molecule has 1 aromatic carbocycles. The van der Waals surface area contributed by atoms with Gasteiger partial charge >= 0.3 is 6.03 Å². The third kappa shape index (κ3) is 3.15. The number of benzene rings is 1. The minimum absolute atomic E-state index is 0.0202. The lowest BCUT2D eigenvalue weighted by atomic mass is 9.96. The first kappa shape index (κ1) is 16.9. The third-order valence-electron chi connectivity index (χ3n) is 4.48. The molecule has 3 rings (SSSR count). The maximum absolute atomic E-state index is 13.6. The molecular weight excluding hydrogens is 381 g/mol. The van der Waals surface area contributed by atoms with E-state index >= 15 is 0 Å². The number of imide groups is 1. The molecule has 4 amide bonds. The first-order chi connectivity index (χ1) is 11.3. The molecule has 1 aliphatic carbocycles. The van der Waals surface area contributed by atoms with Gasteiger partial charge in [0.05, 0.1) is 0 Å². The summed E-state index contributed by atoms with van der Waals surface area (Å²) in [6.45, 7) is 1.30. The summed E-state index contributed by atoms with van der Waals surface area (Å²) in [6, 6.07) is 3.86. The van der Waals surface area contributed by atoms with Gasteiger partial charge in [-0.1, -0.05) is 15.9 Å². The van der Waals surface area contributed by atoms with Gasteiger partial charge in [0, 0.05) is 16.6 Å². The molecule has 1 aromatic rings. The Morgan fingerprint density at radius 3 is 2.83 bits per heavy atom. The number of hydrogen-bond donors (Lipinski definition) is 2. The summed E-state index contributed by atoms with van der Waals surface area (Å²) < 4.78 is 14.3. The van der Waals surface area contributed by atoms with Crippen LogP contribution in [0.2, 0.25) is 0 Å². The summed E-state index contributed by atoms with van der Waals surface area (Å²) in [7, 11) is 0. The van der Waals surface area contributed by atoms with E-state index in [-0.39, 0.29) is 24.9 Å².